The van der Waals surface area contributed by atoms with Gasteiger partial charge in [0, 0.05) is 26.7 Å². The Labute approximate surface area is 113 Å². The molecule has 6 nitrogen and oxygen atoms in total. The van der Waals surface area contributed by atoms with E-state index in [-0.39, 0.29) is 6.10 Å². The van der Waals surface area contributed by atoms with Gasteiger partial charge in [-0.1, -0.05) is 6.92 Å². The number of aromatic carboxylic acids is 1. The van der Waals surface area contributed by atoms with Gasteiger partial charge in [0.25, 0.3) is 0 Å². The van der Waals surface area contributed by atoms with Crippen molar-refractivity contribution in [2.75, 3.05) is 24.6 Å². The Bertz CT molecular complexity index is 470. The number of nitrogens with zero attached hydrogens (tertiary/aromatic N) is 3. The second-order valence-corrected chi connectivity index (χ2v) is 4.91. The average molecular weight is 267 g/mol. The third-order valence-electron chi connectivity index (χ3n) is 3.51. The lowest BCUT2D eigenvalue weighted by Gasteiger charge is -2.25. The number of rotatable bonds is 3. The number of anilines is 1. The first-order valence-corrected chi connectivity index (χ1v) is 6.68. The molecule has 0 aliphatic carbocycles. The molecule has 0 spiro atoms. The first-order valence-electron chi connectivity index (χ1n) is 6.68. The highest BCUT2D eigenvalue weighted by molar-refractivity contribution is 5.94. The van der Waals surface area contributed by atoms with Crippen molar-refractivity contribution in [3.63, 3.8) is 0 Å². The number of aromatic nitrogens is 2. The molecule has 1 N–H and O–H groups in total. The first kappa shape index (κ1) is 13.9. The maximum Gasteiger partial charge on any atom is 0.341 e. The molecule has 1 atom stereocenters. The molecule has 0 bridgehead atoms. The molecule has 1 unspecified atom stereocenters. The van der Waals surface area contributed by atoms with E-state index in [4.69, 9.17) is 4.74 Å². The third-order valence-corrected chi connectivity index (χ3v) is 3.51. The minimum absolute atomic E-state index is 0.152. The molecule has 106 valence electrons. The van der Waals surface area contributed by atoms with Gasteiger partial charge in [0.05, 0.1) is 11.8 Å². The van der Waals surface area contributed by atoms with Gasteiger partial charge in [-0.15, -0.1) is 0 Å². The van der Waals surface area contributed by atoms with Crippen LogP contribution in [0, 0.1) is 6.92 Å². The Morgan fingerprint density at radius 3 is 2.95 bits per heavy atom. The number of carboxylic acid groups (broad SMARTS) is 1. The number of carbonyl (C=O) groups is 1. The molecule has 1 aromatic rings. The summed E-state index contributed by atoms with van der Waals surface area (Å²) in [7, 11) is 1.79. The molecule has 1 aliphatic rings. The lowest BCUT2D eigenvalue weighted by atomic mass is 10.2. The van der Waals surface area contributed by atoms with Crippen LogP contribution < -0.4 is 4.90 Å². The molecule has 0 saturated carbocycles. The standard InChI is InChI=1S/C13H21N3O3/c1-4-10-8-16(6-5-7-19-10)12-11(13(17)18)9(2)14-15(12)3/h10H,4-8H2,1-3H3,(H,17,18). The zero-order valence-electron chi connectivity index (χ0n) is 11.7. The second kappa shape index (κ2) is 5.61. The highest BCUT2D eigenvalue weighted by atomic mass is 16.5. The van der Waals surface area contributed by atoms with Crippen molar-refractivity contribution in [3.05, 3.63) is 11.3 Å². The van der Waals surface area contributed by atoms with Crippen LogP contribution in [-0.4, -0.2) is 46.7 Å². The smallest absolute Gasteiger partial charge is 0.341 e. The zero-order chi connectivity index (χ0) is 14.0. The molecule has 1 saturated heterocycles. The van der Waals surface area contributed by atoms with Gasteiger partial charge in [-0.25, -0.2) is 4.79 Å². The molecule has 0 amide bonds. The maximum absolute atomic E-state index is 11.4. The number of ether oxygens (including phenoxy) is 1. The molecule has 2 heterocycles. The molecule has 19 heavy (non-hydrogen) atoms. The Morgan fingerprint density at radius 2 is 2.32 bits per heavy atom. The van der Waals surface area contributed by atoms with E-state index in [1.54, 1.807) is 18.7 Å². The summed E-state index contributed by atoms with van der Waals surface area (Å²) in [6.07, 6.45) is 1.98. The summed E-state index contributed by atoms with van der Waals surface area (Å²) < 4.78 is 7.40. The van der Waals surface area contributed by atoms with Gasteiger partial charge in [0.1, 0.15) is 11.4 Å². The van der Waals surface area contributed by atoms with Crippen LogP contribution in [-0.2, 0) is 11.8 Å². The van der Waals surface area contributed by atoms with Crippen molar-refractivity contribution in [1.29, 1.82) is 0 Å². The number of carboxylic acids is 1. The normalized spacial score (nSPS) is 20.4. The van der Waals surface area contributed by atoms with Gasteiger partial charge < -0.3 is 14.7 Å². The number of hydrogen-bond donors (Lipinski definition) is 1. The van der Waals surface area contributed by atoms with Crippen molar-refractivity contribution in [2.45, 2.75) is 32.8 Å². The fourth-order valence-electron chi connectivity index (χ4n) is 2.59. The molecular formula is C13H21N3O3. The van der Waals surface area contributed by atoms with Gasteiger partial charge >= 0.3 is 5.97 Å². The predicted octanol–water partition coefficient (Wildman–Crippen LogP) is 1.43. The summed E-state index contributed by atoms with van der Waals surface area (Å²) in [5.74, 6) is -0.229. The lowest BCUT2D eigenvalue weighted by molar-refractivity contribution is 0.0659. The molecule has 0 radical (unpaired) electrons. The van der Waals surface area contributed by atoms with E-state index in [1.165, 1.54) is 0 Å². The average Bonchev–Trinajstić information content (AvgIpc) is 2.54. The van der Waals surface area contributed by atoms with E-state index in [1.807, 2.05) is 0 Å². The molecule has 2 rings (SSSR count). The largest absolute Gasteiger partial charge is 0.477 e. The van der Waals surface area contributed by atoms with Crippen molar-refractivity contribution >= 4 is 11.8 Å². The summed E-state index contributed by atoms with van der Waals surface area (Å²) in [6.45, 7) is 6.07. The van der Waals surface area contributed by atoms with E-state index in [0.29, 0.717) is 17.1 Å². The molecule has 1 aliphatic heterocycles. The summed E-state index contributed by atoms with van der Waals surface area (Å²) in [6, 6.07) is 0. The van der Waals surface area contributed by atoms with Crippen molar-refractivity contribution < 1.29 is 14.6 Å². The van der Waals surface area contributed by atoms with E-state index in [2.05, 4.69) is 16.9 Å². The molecular weight excluding hydrogens is 246 g/mol. The lowest BCUT2D eigenvalue weighted by Crippen LogP contribution is -2.33. The molecule has 1 fully saturated rings. The minimum Gasteiger partial charge on any atom is -0.477 e. The minimum atomic E-state index is -0.918. The fourth-order valence-corrected chi connectivity index (χ4v) is 2.59. The van der Waals surface area contributed by atoms with E-state index in [9.17, 15) is 9.90 Å². The van der Waals surface area contributed by atoms with Crippen molar-refractivity contribution in [3.8, 4) is 0 Å². The molecule has 0 aromatic carbocycles. The van der Waals surface area contributed by atoms with Crippen LogP contribution in [0.25, 0.3) is 0 Å². The fraction of sp³-hybridized carbons (Fsp3) is 0.692. The zero-order valence-corrected chi connectivity index (χ0v) is 11.7. The Morgan fingerprint density at radius 1 is 1.58 bits per heavy atom. The highest BCUT2D eigenvalue weighted by Crippen LogP contribution is 2.25. The van der Waals surface area contributed by atoms with Gasteiger partial charge in [-0.2, -0.15) is 5.10 Å². The Hall–Kier alpha value is -1.56. The van der Waals surface area contributed by atoms with Crippen LogP contribution in [0.4, 0.5) is 5.82 Å². The van der Waals surface area contributed by atoms with Gasteiger partial charge in [-0.05, 0) is 19.8 Å². The van der Waals surface area contributed by atoms with Crippen LogP contribution in [0.15, 0.2) is 0 Å². The van der Waals surface area contributed by atoms with E-state index >= 15 is 0 Å². The van der Waals surface area contributed by atoms with E-state index < -0.39 is 5.97 Å². The number of aryl methyl sites for hydroxylation is 2. The van der Waals surface area contributed by atoms with Gasteiger partial charge in [0.2, 0.25) is 0 Å². The third kappa shape index (κ3) is 2.73. The topological polar surface area (TPSA) is 67.6 Å². The van der Waals surface area contributed by atoms with Crippen LogP contribution in [0.1, 0.15) is 35.8 Å². The summed E-state index contributed by atoms with van der Waals surface area (Å²) in [4.78, 5) is 13.5. The second-order valence-electron chi connectivity index (χ2n) is 4.91. The summed E-state index contributed by atoms with van der Waals surface area (Å²) in [5.41, 5.74) is 0.863. The van der Waals surface area contributed by atoms with Crippen LogP contribution in [0.3, 0.4) is 0 Å². The van der Waals surface area contributed by atoms with E-state index in [0.717, 1.165) is 32.5 Å². The van der Waals surface area contributed by atoms with Crippen LogP contribution in [0.2, 0.25) is 0 Å². The molecule has 6 heteroatoms. The van der Waals surface area contributed by atoms with Gasteiger partial charge in [0.15, 0.2) is 0 Å². The summed E-state index contributed by atoms with van der Waals surface area (Å²) >= 11 is 0. The Kier molecular flexibility index (Phi) is 4.09. The SMILES string of the molecule is CCC1CN(c2c(C(=O)O)c(C)nn2C)CCCO1. The first-order chi connectivity index (χ1) is 9.04. The monoisotopic (exact) mass is 267 g/mol. The van der Waals surface area contributed by atoms with Crippen molar-refractivity contribution in [1.82, 2.24) is 9.78 Å². The maximum atomic E-state index is 11.4. The van der Waals surface area contributed by atoms with Crippen LogP contribution in [0.5, 0.6) is 0 Å². The summed E-state index contributed by atoms with van der Waals surface area (Å²) in [5, 5.41) is 13.6. The quantitative estimate of drug-likeness (QED) is 0.897. The Balaban J connectivity index is 2.36. The molecule has 1 aromatic heterocycles. The van der Waals surface area contributed by atoms with Gasteiger partial charge in [-0.3, -0.25) is 4.68 Å². The highest BCUT2D eigenvalue weighted by Gasteiger charge is 2.27. The number of hydrogen-bond acceptors (Lipinski definition) is 4. The van der Waals surface area contributed by atoms with Crippen molar-refractivity contribution in [2.24, 2.45) is 7.05 Å². The van der Waals surface area contributed by atoms with Crippen LogP contribution >= 0.6 is 0 Å². The predicted molar refractivity (Wildman–Crippen MR) is 71.8 cm³/mol.